The molecule has 4 nitrogen and oxygen atoms in total. The third-order valence-corrected chi connectivity index (χ3v) is 6.41. The third kappa shape index (κ3) is 3.86. The van der Waals surface area contributed by atoms with Gasteiger partial charge in [-0.05, 0) is 62.7 Å². The van der Waals surface area contributed by atoms with E-state index in [1.54, 1.807) is 0 Å². The van der Waals surface area contributed by atoms with Crippen LogP contribution in [0.15, 0.2) is 40.9 Å². The Morgan fingerprint density at radius 2 is 1.92 bits per heavy atom. The molecule has 3 heterocycles. The monoisotopic (exact) mass is 353 g/mol. The molecule has 2 aliphatic heterocycles. The van der Waals surface area contributed by atoms with Crippen LogP contribution in [0, 0.1) is 12.3 Å². The van der Waals surface area contributed by atoms with Gasteiger partial charge in [0, 0.05) is 19.2 Å². The second-order valence-corrected chi connectivity index (χ2v) is 8.35. The minimum atomic E-state index is 0.475. The van der Waals surface area contributed by atoms with E-state index in [0.29, 0.717) is 11.3 Å². The van der Waals surface area contributed by atoms with Gasteiger partial charge in [-0.25, -0.2) is 0 Å². The van der Waals surface area contributed by atoms with Gasteiger partial charge < -0.3 is 9.42 Å². The molecule has 4 heteroatoms. The molecule has 4 rings (SSSR count). The van der Waals surface area contributed by atoms with Crippen molar-refractivity contribution in [3.05, 3.63) is 53.4 Å². The Hall–Kier alpha value is -1.65. The van der Waals surface area contributed by atoms with Crippen molar-refractivity contribution in [3.63, 3.8) is 0 Å². The van der Waals surface area contributed by atoms with Crippen LogP contribution >= 0.6 is 0 Å². The summed E-state index contributed by atoms with van der Waals surface area (Å²) in [6.45, 7) is 11.2. The Morgan fingerprint density at radius 1 is 1.15 bits per heavy atom. The maximum Gasteiger partial charge on any atom is 0.150 e. The number of nitrogens with zero attached hydrogens (tertiary/aromatic N) is 3. The van der Waals surface area contributed by atoms with E-state index in [1.165, 1.54) is 51.0 Å². The molecule has 0 N–H and O–H groups in total. The average molecular weight is 354 g/mol. The molecule has 0 radical (unpaired) electrons. The highest BCUT2D eigenvalue weighted by atomic mass is 16.5. The summed E-state index contributed by atoms with van der Waals surface area (Å²) in [6.07, 6.45) is 3.92. The second kappa shape index (κ2) is 7.53. The van der Waals surface area contributed by atoms with E-state index < -0.39 is 0 Å². The van der Waals surface area contributed by atoms with Crippen molar-refractivity contribution in [3.8, 4) is 0 Å². The molecule has 1 unspecified atom stereocenters. The van der Waals surface area contributed by atoms with Crippen molar-refractivity contribution in [1.82, 2.24) is 15.0 Å². The molecule has 2 aliphatic rings. The first-order chi connectivity index (χ1) is 12.7. The number of hydrogen-bond acceptors (Lipinski definition) is 4. The molecule has 2 fully saturated rings. The normalized spacial score (nSPS) is 24.2. The lowest BCUT2D eigenvalue weighted by atomic mass is 9.68. The largest absolute Gasteiger partial charge is 0.360 e. The number of aromatic nitrogens is 1. The van der Waals surface area contributed by atoms with E-state index in [4.69, 9.17) is 4.52 Å². The van der Waals surface area contributed by atoms with Crippen molar-refractivity contribution >= 4 is 0 Å². The number of hydrogen-bond donors (Lipinski definition) is 0. The van der Waals surface area contributed by atoms with Gasteiger partial charge in [-0.1, -0.05) is 42.4 Å². The van der Waals surface area contributed by atoms with Crippen molar-refractivity contribution in [2.75, 3.05) is 32.7 Å². The summed E-state index contributed by atoms with van der Waals surface area (Å²) in [5.41, 5.74) is 2.97. The maximum atomic E-state index is 5.41. The first-order valence-electron chi connectivity index (χ1n) is 10.1. The first kappa shape index (κ1) is 17.7. The molecule has 140 valence electrons. The average Bonchev–Trinajstić information content (AvgIpc) is 3.09. The summed E-state index contributed by atoms with van der Waals surface area (Å²) in [4.78, 5) is 5.21. The van der Waals surface area contributed by atoms with Gasteiger partial charge in [0.1, 0.15) is 0 Å². The van der Waals surface area contributed by atoms with Gasteiger partial charge in [-0.2, -0.15) is 0 Å². The third-order valence-electron chi connectivity index (χ3n) is 6.41. The quantitative estimate of drug-likeness (QED) is 0.829. The van der Waals surface area contributed by atoms with Crippen molar-refractivity contribution in [1.29, 1.82) is 0 Å². The number of benzene rings is 1. The van der Waals surface area contributed by atoms with Gasteiger partial charge in [0.15, 0.2) is 5.76 Å². The first-order valence-corrected chi connectivity index (χ1v) is 10.1. The number of likely N-dealkylation sites (N-methyl/N-ethyl adjacent to an activating group) is 1. The molecule has 1 atom stereocenters. The van der Waals surface area contributed by atoms with Crippen LogP contribution in [0.1, 0.15) is 49.1 Å². The summed E-state index contributed by atoms with van der Waals surface area (Å²) >= 11 is 0. The van der Waals surface area contributed by atoms with E-state index in [2.05, 4.69) is 58.3 Å². The van der Waals surface area contributed by atoms with Gasteiger partial charge in [0.05, 0.1) is 12.2 Å². The molecule has 0 saturated carbocycles. The topological polar surface area (TPSA) is 32.5 Å². The summed E-state index contributed by atoms with van der Waals surface area (Å²) in [7, 11) is 0. The van der Waals surface area contributed by atoms with Crippen LogP contribution in [0.5, 0.6) is 0 Å². The van der Waals surface area contributed by atoms with E-state index in [1.807, 2.05) is 6.92 Å². The summed E-state index contributed by atoms with van der Waals surface area (Å²) in [6, 6.07) is 13.2. The standard InChI is InChI=1S/C22H31N3O/c1-3-24-15-20(19-7-5-4-6-8-19)14-22(17-24)9-11-25(12-10-22)16-21-13-18(2)23-26-21/h4-8,13,20H,3,9-12,14-17H2,1-2H3. The van der Waals surface area contributed by atoms with Crippen molar-refractivity contribution in [2.24, 2.45) is 5.41 Å². The van der Waals surface area contributed by atoms with Crippen molar-refractivity contribution in [2.45, 2.75) is 45.6 Å². The zero-order chi connectivity index (χ0) is 18.0. The minimum Gasteiger partial charge on any atom is -0.360 e. The predicted octanol–water partition coefficient (Wildman–Crippen LogP) is 4.07. The SMILES string of the molecule is CCN1CC(c2ccccc2)CC2(CCN(Cc3cc(C)no3)CC2)C1. The van der Waals surface area contributed by atoms with Crippen LogP contribution in [0.3, 0.4) is 0 Å². The van der Waals surface area contributed by atoms with Crippen LogP contribution in [-0.4, -0.2) is 47.7 Å². The van der Waals surface area contributed by atoms with E-state index >= 15 is 0 Å². The van der Waals surface area contributed by atoms with Crippen LogP contribution in [0.4, 0.5) is 0 Å². The van der Waals surface area contributed by atoms with Crippen LogP contribution < -0.4 is 0 Å². The molecule has 0 amide bonds. The Kier molecular flexibility index (Phi) is 5.14. The van der Waals surface area contributed by atoms with Crippen LogP contribution in [0.2, 0.25) is 0 Å². The van der Waals surface area contributed by atoms with Crippen LogP contribution in [-0.2, 0) is 6.54 Å². The number of likely N-dealkylation sites (tertiary alicyclic amines) is 2. The molecule has 2 aromatic rings. The highest BCUT2D eigenvalue weighted by Crippen LogP contribution is 2.45. The molecule has 26 heavy (non-hydrogen) atoms. The molecular formula is C22H31N3O. The smallest absolute Gasteiger partial charge is 0.150 e. The van der Waals surface area contributed by atoms with Crippen LogP contribution in [0.25, 0.3) is 0 Å². The van der Waals surface area contributed by atoms with Gasteiger partial charge in [-0.3, -0.25) is 4.90 Å². The highest BCUT2D eigenvalue weighted by molar-refractivity contribution is 5.21. The van der Waals surface area contributed by atoms with E-state index in [0.717, 1.165) is 24.5 Å². The molecule has 1 spiro atoms. The summed E-state index contributed by atoms with van der Waals surface area (Å²) in [5, 5.41) is 4.02. The summed E-state index contributed by atoms with van der Waals surface area (Å²) < 4.78 is 5.41. The Morgan fingerprint density at radius 3 is 2.58 bits per heavy atom. The lowest BCUT2D eigenvalue weighted by molar-refractivity contribution is 0.0118. The Labute approximate surface area is 157 Å². The Bertz CT molecular complexity index is 703. The van der Waals surface area contributed by atoms with Gasteiger partial charge >= 0.3 is 0 Å². The zero-order valence-electron chi connectivity index (χ0n) is 16.2. The molecular weight excluding hydrogens is 322 g/mol. The zero-order valence-corrected chi connectivity index (χ0v) is 16.2. The molecule has 0 bridgehead atoms. The number of piperidine rings is 2. The molecule has 1 aromatic carbocycles. The molecule has 1 aromatic heterocycles. The minimum absolute atomic E-state index is 0.475. The second-order valence-electron chi connectivity index (χ2n) is 8.35. The number of aryl methyl sites for hydroxylation is 1. The van der Waals surface area contributed by atoms with E-state index in [9.17, 15) is 0 Å². The predicted molar refractivity (Wildman–Crippen MR) is 104 cm³/mol. The van der Waals surface area contributed by atoms with Crippen molar-refractivity contribution < 1.29 is 4.52 Å². The fourth-order valence-electron chi connectivity index (χ4n) is 4.95. The lowest BCUT2D eigenvalue weighted by Crippen LogP contribution is -2.51. The van der Waals surface area contributed by atoms with E-state index in [-0.39, 0.29) is 0 Å². The fraction of sp³-hybridized carbons (Fsp3) is 0.591. The van der Waals surface area contributed by atoms with Gasteiger partial charge in [0.25, 0.3) is 0 Å². The fourth-order valence-corrected chi connectivity index (χ4v) is 4.95. The highest BCUT2D eigenvalue weighted by Gasteiger charge is 2.41. The Balaban J connectivity index is 1.42. The number of rotatable bonds is 4. The summed E-state index contributed by atoms with van der Waals surface area (Å²) in [5.74, 6) is 1.67. The molecule has 2 saturated heterocycles. The lowest BCUT2D eigenvalue weighted by Gasteiger charge is -2.50. The maximum absolute atomic E-state index is 5.41. The van der Waals surface area contributed by atoms with Gasteiger partial charge in [0.2, 0.25) is 0 Å². The van der Waals surface area contributed by atoms with Gasteiger partial charge in [-0.15, -0.1) is 0 Å². The molecule has 0 aliphatic carbocycles.